The molecule has 0 saturated carbocycles. The van der Waals surface area contributed by atoms with Crippen molar-refractivity contribution < 1.29 is 9.53 Å². The lowest BCUT2D eigenvalue weighted by atomic mass is 10.3. The zero-order valence-electron chi connectivity index (χ0n) is 15.6. The molecule has 1 N–H and O–H groups in total. The van der Waals surface area contributed by atoms with Gasteiger partial charge in [0.1, 0.15) is 11.6 Å². The third-order valence-electron chi connectivity index (χ3n) is 3.68. The molecular weight excluding hydrogens is 458 g/mol. The number of hydrogen-bond acceptors (Lipinski definition) is 4. The first-order valence-corrected chi connectivity index (χ1v) is 10.0. The number of nitrogens with zero attached hydrogens (tertiary/aromatic N) is 3. The third kappa shape index (κ3) is 5.14. The van der Waals surface area contributed by atoms with Crippen LogP contribution in [-0.4, -0.2) is 26.8 Å². The van der Waals surface area contributed by atoms with Crippen molar-refractivity contribution in [3.8, 4) is 11.4 Å². The molecule has 0 radical (unpaired) electrons. The lowest BCUT2D eigenvalue weighted by Crippen LogP contribution is -2.14. The summed E-state index contributed by atoms with van der Waals surface area (Å²) in [6, 6.07) is 7.92. The molecule has 0 saturated heterocycles. The number of anilines is 1. The van der Waals surface area contributed by atoms with Gasteiger partial charge >= 0.3 is 0 Å². The Morgan fingerprint density at radius 1 is 1.03 bits per heavy atom. The van der Waals surface area contributed by atoms with Gasteiger partial charge in [-0.2, -0.15) is 0 Å². The molecule has 0 aliphatic rings. The smallest absolute Gasteiger partial charge is 0.295 e. The van der Waals surface area contributed by atoms with E-state index in [9.17, 15) is 4.79 Å². The van der Waals surface area contributed by atoms with Gasteiger partial charge < -0.3 is 10.1 Å². The van der Waals surface area contributed by atoms with Crippen molar-refractivity contribution in [1.82, 2.24) is 14.8 Å². The second kappa shape index (κ2) is 8.79. The van der Waals surface area contributed by atoms with Crippen molar-refractivity contribution >= 4 is 58.0 Å². The predicted molar refractivity (Wildman–Crippen MR) is 116 cm³/mol. The van der Waals surface area contributed by atoms with Crippen molar-refractivity contribution in [2.75, 3.05) is 5.32 Å². The summed E-state index contributed by atoms with van der Waals surface area (Å²) in [5.41, 5.74) is 0.917. The molecule has 0 aliphatic carbocycles. The summed E-state index contributed by atoms with van der Waals surface area (Å²) in [6.45, 7) is 5.47. The number of amides is 1. The van der Waals surface area contributed by atoms with Crippen LogP contribution >= 0.6 is 46.4 Å². The van der Waals surface area contributed by atoms with E-state index in [0.717, 1.165) is 0 Å². The zero-order chi connectivity index (χ0) is 21.3. The van der Waals surface area contributed by atoms with Gasteiger partial charge in [0.2, 0.25) is 5.82 Å². The topological polar surface area (TPSA) is 69.0 Å². The Balaban J connectivity index is 1.93. The van der Waals surface area contributed by atoms with Gasteiger partial charge in [-0.25, -0.2) is 9.67 Å². The van der Waals surface area contributed by atoms with Crippen molar-refractivity contribution in [3.05, 3.63) is 62.1 Å². The minimum Gasteiger partial charge on any atom is -0.489 e. The van der Waals surface area contributed by atoms with E-state index in [4.69, 9.17) is 51.1 Å². The third-order valence-corrected chi connectivity index (χ3v) is 4.72. The maximum Gasteiger partial charge on any atom is 0.295 e. The molecule has 1 amide bonds. The van der Waals surface area contributed by atoms with Crippen LogP contribution < -0.4 is 10.1 Å². The van der Waals surface area contributed by atoms with Crippen LogP contribution in [0.5, 0.6) is 5.75 Å². The molecule has 29 heavy (non-hydrogen) atoms. The van der Waals surface area contributed by atoms with E-state index >= 15 is 0 Å². The first kappa shape index (κ1) is 21.7. The summed E-state index contributed by atoms with van der Waals surface area (Å²) in [7, 11) is 0. The summed E-state index contributed by atoms with van der Waals surface area (Å²) in [5, 5.41) is 8.45. The molecule has 10 heteroatoms. The monoisotopic (exact) mass is 472 g/mol. The van der Waals surface area contributed by atoms with E-state index in [1.165, 1.54) is 4.68 Å². The highest BCUT2D eigenvalue weighted by Crippen LogP contribution is 2.34. The molecule has 6 nitrogen and oxygen atoms in total. The number of halogens is 4. The molecule has 1 heterocycles. The molecule has 0 spiro atoms. The van der Waals surface area contributed by atoms with Crippen LogP contribution in [0, 0.1) is 6.92 Å². The largest absolute Gasteiger partial charge is 0.489 e. The van der Waals surface area contributed by atoms with Gasteiger partial charge in [0.15, 0.2) is 0 Å². The van der Waals surface area contributed by atoms with Gasteiger partial charge in [0.05, 0.1) is 21.8 Å². The number of hydrogen-bond donors (Lipinski definition) is 1. The number of carbonyl (C=O) groups excluding carboxylic acids is 1. The highest BCUT2D eigenvalue weighted by Gasteiger charge is 2.19. The standard InChI is InChI=1S/C19H16Cl4N4O2/c1-9(2)29-17-8-16(14(22)7-15(17)23)27-10(3)24-18(26-27)19(28)25-13-5-11(20)4-12(21)6-13/h4-9H,1-3H3,(H,25,28). The summed E-state index contributed by atoms with van der Waals surface area (Å²) in [6.07, 6.45) is -0.0794. The van der Waals surface area contributed by atoms with Gasteiger partial charge in [-0.1, -0.05) is 46.4 Å². The average Bonchev–Trinajstić information content (AvgIpc) is 2.98. The Bertz CT molecular complexity index is 1060. The van der Waals surface area contributed by atoms with E-state index in [-0.39, 0.29) is 11.9 Å². The van der Waals surface area contributed by atoms with Crippen molar-refractivity contribution in [2.45, 2.75) is 26.9 Å². The fraction of sp³-hybridized carbons (Fsp3) is 0.211. The van der Waals surface area contributed by atoms with Crippen LogP contribution in [0.1, 0.15) is 30.3 Å². The minimum atomic E-state index is -0.520. The van der Waals surface area contributed by atoms with Crippen LogP contribution in [0.25, 0.3) is 5.69 Å². The maximum atomic E-state index is 12.6. The van der Waals surface area contributed by atoms with Crippen molar-refractivity contribution in [2.24, 2.45) is 0 Å². The molecule has 1 aromatic heterocycles. The number of aryl methyl sites for hydroxylation is 1. The van der Waals surface area contributed by atoms with Crippen LogP contribution in [0.4, 0.5) is 5.69 Å². The van der Waals surface area contributed by atoms with E-state index in [0.29, 0.717) is 43.0 Å². The molecule has 0 atom stereocenters. The van der Waals surface area contributed by atoms with Crippen LogP contribution in [0.15, 0.2) is 30.3 Å². The molecule has 0 bridgehead atoms. The number of ether oxygens (including phenoxy) is 1. The van der Waals surface area contributed by atoms with E-state index in [1.807, 2.05) is 13.8 Å². The lowest BCUT2D eigenvalue weighted by Gasteiger charge is -2.14. The molecular formula is C19H16Cl4N4O2. The number of nitrogens with one attached hydrogen (secondary N) is 1. The predicted octanol–water partition coefficient (Wildman–Crippen LogP) is 6.23. The molecule has 0 aliphatic heterocycles. The molecule has 152 valence electrons. The quantitative estimate of drug-likeness (QED) is 0.476. The minimum absolute atomic E-state index is 0.0454. The highest BCUT2D eigenvalue weighted by atomic mass is 35.5. The fourth-order valence-electron chi connectivity index (χ4n) is 2.55. The van der Waals surface area contributed by atoms with Gasteiger partial charge in [-0.3, -0.25) is 4.79 Å². The molecule has 0 unspecified atom stereocenters. The van der Waals surface area contributed by atoms with Crippen molar-refractivity contribution in [3.63, 3.8) is 0 Å². The lowest BCUT2D eigenvalue weighted by molar-refractivity contribution is 0.101. The fourth-order valence-corrected chi connectivity index (χ4v) is 3.59. The highest BCUT2D eigenvalue weighted by molar-refractivity contribution is 6.36. The first-order valence-electron chi connectivity index (χ1n) is 8.51. The van der Waals surface area contributed by atoms with Crippen molar-refractivity contribution in [1.29, 1.82) is 0 Å². The molecule has 3 rings (SSSR count). The van der Waals surface area contributed by atoms with Gasteiger partial charge in [0.25, 0.3) is 5.91 Å². The molecule has 3 aromatic rings. The summed E-state index contributed by atoms with van der Waals surface area (Å²) in [5.74, 6) is 0.347. The molecule has 0 fully saturated rings. The normalized spacial score (nSPS) is 11.0. The second-order valence-electron chi connectivity index (χ2n) is 6.41. The van der Waals surface area contributed by atoms with Gasteiger partial charge in [-0.15, -0.1) is 5.10 Å². The van der Waals surface area contributed by atoms with Gasteiger partial charge in [-0.05, 0) is 45.0 Å². The van der Waals surface area contributed by atoms with Crippen LogP contribution in [0.2, 0.25) is 20.1 Å². The van der Waals surface area contributed by atoms with Crippen LogP contribution in [0.3, 0.4) is 0 Å². The van der Waals surface area contributed by atoms with Crippen LogP contribution in [-0.2, 0) is 0 Å². The number of benzene rings is 2. The Morgan fingerprint density at radius 3 is 2.31 bits per heavy atom. The Morgan fingerprint density at radius 2 is 1.69 bits per heavy atom. The number of aromatic nitrogens is 3. The van der Waals surface area contributed by atoms with E-state index < -0.39 is 5.91 Å². The Hall–Kier alpha value is -1.99. The van der Waals surface area contributed by atoms with E-state index in [2.05, 4.69) is 15.4 Å². The maximum absolute atomic E-state index is 12.6. The second-order valence-corrected chi connectivity index (χ2v) is 8.09. The van der Waals surface area contributed by atoms with Gasteiger partial charge in [0, 0.05) is 21.8 Å². The average molecular weight is 474 g/mol. The Labute approximate surface area is 187 Å². The number of rotatable bonds is 5. The molecule has 2 aromatic carbocycles. The van der Waals surface area contributed by atoms with E-state index in [1.54, 1.807) is 37.3 Å². The summed E-state index contributed by atoms with van der Waals surface area (Å²) in [4.78, 5) is 16.8. The number of carbonyl (C=O) groups is 1. The Kier molecular flexibility index (Phi) is 6.58. The SMILES string of the molecule is Cc1nc(C(=O)Nc2cc(Cl)cc(Cl)c2)nn1-c1cc(OC(C)C)c(Cl)cc1Cl. The first-order chi connectivity index (χ1) is 13.6. The zero-order valence-corrected chi connectivity index (χ0v) is 18.7. The summed E-state index contributed by atoms with van der Waals surface area (Å²) >= 11 is 24.5. The summed E-state index contributed by atoms with van der Waals surface area (Å²) < 4.78 is 7.15.